The molecule has 0 unspecified atom stereocenters. The smallest absolute Gasteiger partial charge is 0.272 e. The molecule has 2 N–H and O–H groups in total. The molecule has 0 spiro atoms. The molecule has 0 radical (unpaired) electrons. The van der Waals surface area contributed by atoms with Crippen LogP contribution in [0.1, 0.15) is 21.5 Å². The second-order valence-electron chi connectivity index (χ2n) is 4.52. The number of rotatable bonds is 3. The molecule has 0 aromatic heterocycles. The predicted octanol–water partition coefficient (Wildman–Crippen LogP) is 4.64. The van der Waals surface area contributed by atoms with Crippen molar-refractivity contribution >= 4 is 55.6 Å². The normalized spacial score (nSPS) is 10.9. The first-order valence-corrected chi connectivity index (χ1v) is 8.12. The molecule has 114 valence electrons. The minimum atomic E-state index is -0.391. The van der Waals surface area contributed by atoms with Crippen LogP contribution in [0.2, 0.25) is 5.02 Å². The van der Waals surface area contributed by atoms with Crippen LogP contribution >= 0.6 is 43.5 Å². The van der Waals surface area contributed by atoms with Crippen molar-refractivity contribution in [3.8, 4) is 5.75 Å². The molecule has 0 atom stereocenters. The second-order valence-corrected chi connectivity index (χ2v) is 6.63. The average molecular weight is 447 g/mol. The number of phenolic OH excluding ortho intramolecular Hbond substituents is 1. The lowest BCUT2D eigenvalue weighted by atomic mass is 10.1. The summed E-state index contributed by atoms with van der Waals surface area (Å²) < 4.78 is 1.05. The highest BCUT2D eigenvalue weighted by Crippen LogP contribution is 2.32. The minimum absolute atomic E-state index is 0.104. The Morgan fingerprint density at radius 3 is 2.50 bits per heavy atom. The molecule has 0 saturated carbocycles. The lowest BCUT2D eigenvalue weighted by Gasteiger charge is -2.04. The lowest BCUT2D eigenvalue weighted by Crippen LogP contribution is -2.18. The Kier molecular flexibility index (Phi) is 5.61. The quantitative estimate of drug-likeness (QED) is 0.533. The van der Waals surface area contributed by atoms with E-state index in [0.717, 1.165) is 5.56 Å². The Hall–Kier alpha value is -1.37. The highest BCUT2D eigenvalue weighted by Gasteiger charge is 2.09. The largest absolute Gasteiger partial charge is 0.506 e. The highest BCUT2D eigenvalue weighted by molar-refractivity contribution is 9.11. The average Bonchev–Trinajstić information content (AvgIpc) is 2.44. The van der Waals surface area contributed by atoms with E-state index in [0.29, 0.717) is 25.1 Å². The van der Waals surface area contributed by atoms with Gasteiger partial charge in [0.05, 0.1) is 25.7 Å². The van der Waals surface area contributed by atoms with Gasteiger partial charge in [0.25, 0.3) is 5.91 Å². The molecule has 1 amide bonds. The Balaban J connectivity index is 2.10. The number of aryl methyl sites for hydroxylation is 1. The topological polar surface area (TPSA) is 61.7 Å². The molecule has 0 aliphatic rings. The monoisotopic (exact) mass is 444 g/mol. The van der Waals surface area contributed by atoms with E-state index in [-0.39, 0.29) is 5.75 Å². The molecule has 2 aromatic rings. The van der Waals surface area contributed by atoms with Crippen LogP contribution in [0.5, 0.6) is 5.75 Å². The van der Waals surface area contributed by atoms with Gasteiger partial charge in [-0.05, 0) is 74.2 Å². The van der Waals surface area contributed by atoms with Crippen LogP contribution in [-0.4, -0.2) is 17.2 Å². The fraction of sp³-hybridized carbons (Fsp3) is 0.0667. The summed E-state index contributed by atoms with van der Waals surface area (Å²) in [5.74, 6) is -0.286. The first-order valence-electron chi connectivity index (χ1n) is 6.16. The minimum Gasteiger partial charge on any atom is -0.506 e. The van der Waals surface area contributed by atoms with Gasteiger partial charge in [-0.3, -0.25) is 4.79 Å². The third-order valence-corrected chi connectivity index (χ3v) is 4.31. The van der Waals surface area contributed by atoms with Crippen molar-refractivity contribution in [2.75, 3.05) is 0 Å². The Labute approximate surface area is 149 Å². The van der Waals surface area contributed by atoms with Crippen LogP contribution < -0.4 is 5.43 Å². The summed E-state index contributed by atoms with van der Waals surface area (Å²) >= 11 is 12.5. The van der Waals surface area contributed by atoms with E-state index < -0.39 is 5.91 Å². The number of hydrogen-bond donors (Lipinski definition) is 2. The summed E-state index contributed by atoms with van der Waals surface area (Å²) in [5.41, 5.74) is 4.45. The van der Waals surface area contributed by atoms with Crippen molar-refractivity contribution in [1.29, 1.82) is 0 Å². The molecule has 0 heterocycles. The maximum Gasteiger partial charge on any atom is 0.272 e. The van der Waals surface area contributed by atoms with Crippen LogP contribution in [0.15, 0.2) is 44.4 Å². The number of nitrogens with one attached hydrogen (secondary N) is 1. The number of hydrazone groups is 1. The first kappa shape index (κ1) is 17.0. The van der Waals surface area contributed by atoms with Crippen LogP contribution in [0.25, 0.3) is 0 Å². The summed E-state index contributed by atoms with van der Waals surface area (Å²) in [7, 11) is 0. The van der Waals surface area contributed by atoms with Gasteiger partial charge in [-0.15, -0.1) is 0 Å². The summed E-state index contributed by atoms with van der Waals surface area (Å²) in [4.78, 5) is 12.0. The predicted molar refractivity (Wildman–Crippen MR) is 94.8 cm³/mol. The van der Waals surface area contributed by atoms with Crippen LogP contribution in [0, 0.1) is 6.92 Å². The van der Waals surface area contributed by atoms with E-state index in [4.69, 9.17) is 11.6 Å². The number of carbonyl (C=O) groups is 1. The molecule has 0 fully saturated rings. The summed E-state index contributed by atoms with van der Waals surface area (Å²) in [6.07, 6.45) is 1.47. The van der Waals surface area contributed by atoms with Crippen molar-refractivity contribution in [1.82, 2.24) is 5.43 Å². The van der Waals surface area contributed by atoms with E-state index in [9.17, 15) is 9.90 Å². The van der Waals surface area contributed by atoms with Crippen molar-refractivity contribution < 1.29 is 9.90 Å². The van der Waals surface area contributed by atoms with Crippen molar-refractivity contribution in [3.63, 3.8) is 0 Å². The van der Waals surface area contributed by atoms with Gasteiger partial charge in [0.15, 0.2) is 0 Å². The molecule has 0 saturated heterocycles. The number of phenols is 1. The SMILES string of the molecule is Cc1ccc(C(=O)N/N=C/c2cc(Br)c(O)c(Br)c2)c(Cl)c1. The van der Waals surface area contributed by atoms with Gasteiger partial charge in [-0.25, -0.2) is 5.43 Å². The first-order chi connectivity index (χ1) is 10.4. The second kappa shape index (κ2) is 7.26. The van der Waals surface area contributed by atoms with Crippen LogP contribution in [0.3, 0.4) is 0 Å². The van der Waals surface area contributed by atoms with E-state index in [1.54, 1.807) is 30.3 Å². The standard InChI is InChI=1S/C15H11Br2ClN2O2/c1-8-2-3-10(13(18)4-8)15(22)20-19-7-9-5-11(16)14(21)12(17)6-9/h2-7,21H,1H3,(H,20,22)/b19-7+. The molecule has 2 rings (SSSR count). The van der Waals surface area contributed by atoms with E-state index in [2.05, 4.69) is 42.4 Å². The maximum atomic E-state index is 12.0. The lowest BCUT2D eigenvalue weighted by molar-refractivity contribution is 0.0955. The van der Waals surface area contributed by atoms with Crippen LogP contribution in [0.4, 0.5) is 0 Å². The van der Waals surface area contributed by atoms with Crippen molar-refractivity contribution in [2.45, 2.75) is 6.92 Å². The number of amides is 1. The maximum absolute atomic E-state index is 12.0. The Bertz CT molecular complexity index is 740. The summed E-state index contributed by atoms with van der Waals surface area (Å²) in [6.45, 7) is 1.90. The van der Waals surface area contributed by atoms with E-state index >= 15 is 0 Å². The van der Waals surface area contributed by atoms with E-state index in [1.165, 1.54) is 6.21 Å². The van der Waals surface area contributed by atoms with Gasteiger partial charge in [0, 0.05) is 0 Å². The number of carbonyl (C=O) groups excluding carboxylic acids is 1. The zero-order chi connectivity index (χ0) is 16.3. The number of nitrogens with zero attached hydrogens (tertiary/aromatic N) is 1. The zero-order valence-electron chi connectivity index (χ0n) is 11.4. The highest BCUT2D eigenvalue weighted by atomic mass is 79.9. The molecular weight excluding hydrogens is 435 g/mol. The molecule has 0 aliphatic carbocycles. The number of halogens is 3. The molecular formula is C15H11Br2ClN2O2. The fourth-order valence-electron chi connectivity index (χ4n) is 1.69. The van der Waals surface area contributed by atoms with Gasteiger partial charge in [0.1, 0.15) is 5.75 Å². The van der Waals surface area contributed by atoms with Gasteiger partial charge in [-0.2, -0.15) is 5.10 Å². The van der Waals surface area contributed by atoms with Gasteiger partial charge in [0.2, 0.25) is 0 Å². The molecule has 7 heteroatoms. The summed E-state index contributed by atoms with van der Waals surface area (Å²) in [6, 6.07) is 8.52. The van der Waals surface area contributed by atoms with E-state index in [1.807, 2.05) is 6.92 Å². The molecule has 0 bridgehead atoms. The summed E-state index contributed by atoms with van der Waals surface area (Å²) in [5, 5.41) is 13.9. The Morgan fingerprint density at radius 1 is 1.27 bits per heavy atom. The third-order valence-electron chi connectivity index (χ3n) is 2.79. The van der Waals surface area contributed by atoms with Gasteiger partial charge < -0.3 is 5.11 Å². The fourth-order valence-corrected chi connectivity index (χ4v) is 3.23. The van der Waals surface area contributed by atoms with Gasteiger partial charge >= 0.3 is 0 Å². The van der Waals surface area contributed by atoms with Crippen molar-refractivity contribution in [2.24, 2.45) is 5.10 Å². The number of benzene rings is 2. The molecule has 0 aliphatic heterocycles. The Morgan fingerprint density at radius 2 is 1.91 bits per heavy atom. The molecule has 4 nitrogen and oxygen atoms in total. The molecule has 22 heavy (non-hydrogen) atoms. The number of hydrogen-bond acceptors (Lipinski definition) is 3. The zero-order valence-corrected chi connectivity index (χ0v) is 15.3. The van der Waals surface area contributed by atoms with Crippen LogP contribution in [-0.2, 0) is 0 Å². The molecule has 2 aromatic carbocycles. The van der Waals surface area contributed by atoms with Gasteiger partial charge in [-0.1, -0.05) is 17.7 Å². The third kappa shape index (κ3) is 4.09. The van der Waals surface area contributed by atoms with Crippen molar-refractivity contribution in [3.05, 3.63) is 61.0 Å². The number of aromatic hydroxyl groups is 1.